The Kier molecular flexibility index (Phi) is 5.80. The lowest BCUT2D eigenvalue weighted by atomic mass is 9.86. The van der Waals surface area contributed by atoms with Crippen LogP contribution in [0.1, 0.15) is 43.7 Å². The molecule has 1 saturated heterocycles. The van der Waals surface area contributed by atoms with Gasteiger partial charge < -0.3 is 15.1 Å². The predicted molar refractivity (Wildman–Crippen MR) is 111 cm³/mol. The molecule has 0 atom stereocenters. The highest BCUT2D eigenvalue weighted by Gasteiger charge is 2.22. The second-order valence-electron chi connectivity index (χ2n) is 8.08. The maximum atomic E-state index is 12.7. The van der Waals surface area contributed by atoms with Gasteiger partial charge >= 0.3 is 0 Å². The Balaban J connectivity index is 1.69. The van der Waals surface area contributed by atoms with E-state index in [1.165, 1.54) is 5.56 Å². The number of para-hydroxylation sites is 1. The number of anilines is 2. The first kappa shape index (κ1) is 19.4. The Morgan fingerprint density at radius 2 is 1.78 bits per heavy atom. The molecule has 0 spiro atoms. The van der Waals surface area contributed by atoms with Gasteiger partial charge in [-0.15, -0.1) is 0 Å². The number of nitrogens with one attached hydrogen (secondary N) is 1. The average molecular weight is 367 g/mol. The molecule has 1 amide bonds. The molecule has 0 saturated carbocycles. The fraction of sp³-hybridized carbons (Fsp3) is 0.455. The van der Waals surface area contributed by atoms with E-state index in [1.54, 1.807) is 6.20 Å². The van der Waals surface area contributed by atoms with Crippen LogP contribution in [-0.2, 0) is 5.41 Å². The Hall–Kier alpha value is -2.40. The Labute approximate surface area is 162 Å². The zero-order valence-electron chi connectivity index (χ0n) is 16.8. The van der Waals surface area contributed by atoms with E-state index in [4.69, 9.17) is 0 Å². The van der Waals surface area contributed by atoms with Gasteiger partial charge in [0, 0.05) is 31.9 Å². The first-order valence-electron chi connectivity index (χ1n) is 9.72. The van der Waals surface area contributed by atoms with Crippen LogP contribution in [-0.4, -0.2) is 53.4 Å². The number of likely N-dealkylation sites (N-methyl/N-ethyl adjacent to an activating group) is 1. The molecule has 0 radical (unpaired) electrons. The third kappa shape index (κ3) is 4.66. The molecule has 0 aliphatic carbocycles. The standard InChI is InChI=1S/C22H30N4O/c1-5-25-12-14-26(15-13-25)21(27)20-11-10-17(16-23-20)24-19-9-7-6-8-18(19)22(2,3)4/h6-11,16,24H,5,12-15H2,1-4H3. The van der Waals surface area contributed by atoms with Gasteiger partial charge in [0.1, 0.15) is 5.69 Å². The summed E-state index contributed by atoms with van der Waals surface area (Å²) in [4.78, 5) is 21.3. The van der Waals surface area contributed by atoms with Crippen LogP contribution in [0.25, 0.3) is 0 Å². The minimum atomic E-state index is 0.0207. The Morgan fingerprint density at radius 3 is 2.37 bits per heavy atom. The van der Waals surface area contributed by atoms with Gasteiger partial charge in [-0.1, -0.05) is 45.9 Å². The number of hydrogen-bond acceptors (Lipinski definition) is 4. The van der Waals surface area contributed by atoms with Crippen LogP contribution in [0.4, 0.5) is 11.4 Å². The molecule has 1 aromatic heterocycles. The van der Waals surface area contributed by atoms with Crippen LogP contribution < -0.4 is 5.32 Å². The summed E-state index contributed by atoms with van der Waals surface area (Å²) in [5, 5.41) is 3.44. The largest absolute Gasteiger partial charge is 0.354 e. The fourth-order valence-corrected chi connectivity index (χ4v) is 3.43. The minimum Gasteiger partial charge on any atom is -0.354 e. The molecule has 1 aliphatic heterocycles. The molecule has 2 heterocycles. The van der Waals surface area contributed by atoms with Crippen molar-refractivity contribution in [3.8, 4) is 0 Å². The summed E-state index contributed by atoms with van der Waals surface area (Å²) in [6.07, 6.45) is 1.75. The number of amides is 1. The number of carbonyl (C=O) groups excluding carboxylic acids is 1. The summed E-state index contributed by atoms with van der Waals surface area (Å²) in [6, 6.07) is 12.1. The maximum Gasteiger partial charge on any atom is 0.272 e. The normalized spacial score (nSPS) is 15.6. The van der Waals surface area contributed by atoms with Crippen LogP contribution in [0.15, 0.2) is 42.6 Å². The van der Waals surface area contributed by atoms with Gasteiger partial charge in [0.2, 0.25) is 0 Å². The zero-order chi connectivity index (χ0) is 19.4. The minimum absolute atomic E-state index is 0.0207. The van der Waals surface area contributed by atoms with Crippen molar-refractivity contribution >= 4 is 17.3 Å². The number of aromatic nitrogens is 1. The van der Waals surface area contributed by atoms with Gasteiger partial charge in [-0.05, 0) is 35.7 Å². The van der Waals surface area contributed by atoms with Crippen LogP contribution in [0, 0.1) is 0 Å². The van der Waals surface area contributed by atoms with Crippen LogP contribution in [0.5, 0.6) is 0 Å². The van der Waals surface area contributed by atoms with Crippen molar-refractivity contribution in [1.29, 1.82) is 0 Å². The van der Waals surface area contributed by atoms with Crippen molar-refractivity contribution in [2.75, 3.05) is 38.0 Å². The highest BCUT2D eigenvalue weighted by molar-refractivity contribution is 5.92. The molecule has 2 aromatic rings. The molecule has 3 rings (SSSR count). The quantitative estimate of drug-likeness (QED) is 0.891. The molecule has 27 heavy (non-hydrogen) atoms. The number of piperazine rings is 1. The number of rotatable bonds is 4. The molecule has 5 heteroatoms. The van der Waals surface area contributed by atoms with E-state index in [0.717, 1.165) is 44.1 Å². The van der Waals surface area contributed by atoms with E-state index in [-0.39, 0.29) is 11.3 Å². The average Bonchev–Trinajstić information content (AvgIpc) is 2.68. The number of hydrogen-bond donors (Lipinski definition) is 1. The lowest BCUT2D eigenvalue weighted by molar-refractivity contribution is 0.0637. The van der Waals surface area contributed by atoms with E-state index in [9.17, 15) is 4.79 Å². The lowest BCUT2D eigenvalue weighted by Crippen LogP contribution is -2.48. The second kappa shape index (κ2) is 8.09. The van der Waals surface area contributed by atoms with Crippen LogP contribution >= 0.6 is 0 Å². The van der Waals surface area contributed by atoms with E-state index < -0.39 is 0 Å². The van der Waals surface area contributed by atoms with E-state index in [0.29, 0.717) is 5.69 Å². The Bertz CT molecular complexity index is 772. The fourth-order valence-electron chi connectivity index (χ4n) is 3.43. The third-order valence-corrected chi connectivity index (χ3v) is 5.10. The van der Waals surface area contributed by atoms with Crippen molar-refractivity contribution in [3.63, 3.8) is 0 Å². The van der Waals surface area contributed by atoms with Crippen LogP contribution in [0.3, 0.4) is 0 Å². The molecular formula is C22H30N4O. The van der Waals surface area contributed by atoms with Crippen LogP contribution in [0.2, 0.25) is 0 Å². The van der Waals surface area contributed by atoms with Gasteiger partial charge in [-0.2, -0.15) is 0 Å². The highest BCUT2D eigenvalue weighted by Crippen LogP contribution is 2.31. The monoisotopic (exact) mass is 366 g/mol. The van der Waals surface area contributed by atoms with Gasteiger partial charge in [0.25, 0.3) is 5.91 Å². The summed E-state index contributed by atoms with van der Waals surface area (Å²) >= 11 is 0. The third-order valence-electron chi connectivity index (χ3n) is 5.10. The summed E-state index contributed by atoms with van der Waals surface area (Å²) in [5.41, 5.74) is 3.77. The zero-order valence-corrected chi connectivity index (χ0v) is 16.8. The number of nitrogens with zero attached hydrogens (tertiary/aromatic N) is 3. The highest BCUT2D eigenvalue weighted by atomic mass is 16.2. The molecule has 0 bridgehead atoms. The van der Waals surface area contributed by atoms with E-state index in [2.05, 4.69) is 61.1 Å². The molecule has 1 aromatic carbocycles. The number of carbonyl (C=O) groups is 1. The number of benzene rings is 1. The summed E-state index contributed by atoms with van der Waals surface area (Å²) in [6.45, 7) is 13.2. The number of pyridine rings is 1. The summed E-state index contributed by atoms with van der Waals surface area (Å²) < 4.78 is 0. The molecule has 144 valence electrons. The van der Waals surface area contributed by atoms with Crippen molar-refractivity contribution in [2.24, 2.45) is 0 Å². The van der Waals surface area contributed by atoms with Gasteiger partial charge in [-0.25, -0.2) is 4.98 Å². The van der Waals surface area contributed by atoms with Gasteiger partial charge in [0.15, 0.2) is 0 Å². The van der Waals surface area contributed by atoms with Gasteiger partial charge in [0.05, 0.1) is 11.9 Å². The van der Waals surface area contributed by atoms with Crippen molar-refractivity contribution in [1.82, 2.24) is 14.8 Å². The van der Waals surface area contributed by atoms with E-state index >= 15 is 0 Å². The molecule has 1 fully saturated rings. The molecule has 1 aliphatic rings. The SMILES string of the molecule is CCN1CCN(C(=O)c2ccc(Nc3ccccc3C(C)(C)C)cn2)CC1. The van der Waals surface area contributed by atoms with Crippen molar-refractivity contribution < 1.29 is 4.79 Å². The second-order valence-corrected chi connectivity index (χ2v) is 8.08. The topological polar surface area (TPSA) is 48.5 Å². The molecular weight excluding hydrogens is 336 g/mol. The van der Waals surface area contributed by atoms with E-state index in [1.807, 2.05) is 23.1 Å². The smallest absolute Gasteiger partial charge is 0.272 e. The predicted octanol–water partition coefficient (Wildman–Crippen LogP) is 3.90. The Morgan fingerprint density at radius 1 is 1.07 bits per heavy atom. The summed E-state index contributed by atoms with van der Waals surface area (Å²) in [7, 11) is 0. The van der Waals surface area contributed by atoms with Crippen molar-refractivity contribution in [3.05, 3.63) is 53.9 Å². The van der Waals surface area contributed by atoms with Crippen molar-refractivity contribution in [2.45, 2.75) is 33.1 Å². The first-order chi connectivity index (χ1) is 12.9. The summed E-state index contributed by atoms with van der Waals surface area (Å²) in [5.74, 6) is 0.0207. The molecule has 5 nitrogen and oxygen atoms in total. The van der Waals surface area contributed by atoms with Gasteiger partial charge in [-0.3, -0.25) is 4.79 Å². The lowest BCUT2D eigenvalue weighted by Gasteiger charge is -2.33. The maximum absolute atomic E-state index is 12.7. The molecule has 1 N–H and O–H groups in total. The molecule has 0 unspecified atom stereocenters. The first-order valence-corrected chi connectivity index (χ1v) is 9.72.